The predicted octanol–water partition coefficient (Wildman–Crippen LogP) is 4.65. The number of nitrogens with one attached hydrogen (secondary N) is 2. The van der Waals surface area contributed by atoms with Crippen LogP contribution in [-0.2, 0) is 12.8 Å². The first kappa shape index (κ1) is 24.2. The zero-order valence-corrected chi connectivity index (χ0v) is 20.5. The Balaban J connectivity index is 1.84. The van der Waals surface area contributed by atoms with E-state index >= 15 is 0 Å². The number of rotatable bonds is 8. The van der Waals surface area contributed by atoms with Gasteiger partial charge in [0.25, 0.3) is 0 Å². The smallest absolute Gasteiger partial charge is 0.0875 e. The van der Waals surface area contributed by atoms with Crippen LogP contribution in [0.15, 0.2) is 36.4 Å². The fourth-order valence-electron chi connectivity index (χ4n) is 4.88. The lowest BCUT2D eigenvalue weighted by molar-refractivity contribution is 0.300. The lowest BCUT2D eigenvalue weighted by atomic mass is 10.1. The van der Waals surface area contributed by atoms with E-state index in [9.17, 15) is 15.3 Å². The Kier molecular flexibility index (Phi) is 7.13. The minimum Gasteiger partial charge on any atom is -0.396 e. The van der Waals surface area contributed by atoms with Crippen LogP contribution in [0, 0.1) is 0 Å². The summed E-state index contributed by atoms with van der Waals surface area (Å²) in [5.41, 5.74) is 11.2. The van der Waals surface area contributed by atoms with Crippen molar-refractivity contribution < 1.29 is 15.3 Å². The highest BCUT2D eigenvalue weighted by molar-refractivity contribution is 5.90. The van der Waals surface area contributed by atoms with Crippen LogP contribution < -0.4 is 0 Å². The fraction of sp³-hybridized carbons (Fsp3) is 0.310. The van der Waals surface area contributed by atoms with E-state index in [0.29, 0.717) is 19.3 Å². The molecule has 0 amide bonds. The van der Waals surface area contributed by atoms with E-state index in [4.69, 9.17) is 9.97 Å². The summed E-state index contributed by atoms with van der Waals surface area (Å²) in [5, 5.41) is 28.9. The highest BCUT2D eigenvalue weighted by Gasteiger charge is 2.15. The fourth-order valence-corrected chi connectivity index (χ4v) is 4.88. The molecule has 0 fully saturated rings. The first-order valence-corrected chi connectivity index (χ1v) is 12.6. The predicted molar refractivity (Wildman–Crippen MR) is 145 cm³/mol. The lowest BCUT2D eigenvalue weighted by Crippen LogP contribution is -1.88. The third kappa shape index (κ3) is 4.78. The molecule has 7 nitrogen and oxygen atoms in total. The van der Waals surface area contributed by atoms with Gasteiger partial charge in [0.1, 0.15) is 0 Å². The number of aliphatic hydroxyl groups is 3. The van der Waals surface area contributed by atoms with Crippen LogP contribution in [0.1, 0.15) is 60.1 Å². The topological polar surface area (TPSA) is 118 Å². The molecule has 186 valence electrons. The van der Waals surface area contributed by atoms with Gasteiger partial charge >= 0.3 is 0 Å². The van der Waals surface area contributed by atoms with Crippen molar-refractivity contribution in [1.82, 2.24) is 19.9 Å². The molecule has 0 aromatic carbocycles. The number of aromatic nitrogens is 4. The molecule has 5 heterocycles. The van der Waals surface area contributed by atoms with Crippen molar-refractivity contribution in [2.75, 3.05) is 19.8 Å². The Morgan fingerprint density at radius 1 is 0.611 bits per heavy atom. The van der Waals surface area contributed by atoms with Gasteiger partial charge in [-0.05, 0) is 96.5 Å². The molecule has 0 unspecified atom stereocenters. The van der Waals surface area contributed by atoms with Crippen LogP contribution in [-0.4, -0.2) is 55.1 Å². The van der Waals surface area contributed by atoms with E-state index in [0.717, 1.165) is 74.4 Å². The van der Waals surface area contributed by atoms with Crippen molar-refractivity contribution >= 4 is 45.4 Å². The van der Waals surface area contributed by atoms with Crippen molar-refractivity contribution in [2.24, 2.45) is 0 Å². The van der Waals surface area contributed by atoms with Crippen molar-refractivity contribution in [3.63, 3.8) is 0 Å². The van der Waals surface area contributed by atoms with Gasteiger partial charge in [0.2, 0.25) is 0 Å². The van der Waals surface area contributed by atoms with E-state index in [-0.39, 0.29) is 19.8 Å². The van der Waals surface area contributed by atoms with Gasteiger partial charge in [0.15, 0.2) is 0 Å². The Morgan fingerprint density at radius 3 is 1.53 bits per heavy atom. The van der Waals surface area contributed by atoms with Gasteiger partial charge < -0.3 is 25.3 Å². The minimum absolute atomic E-state index is 0.0318. The molecule has 5 rings (SSSR count). The molecule has 2 aliphatic heterocycles. The minimum atomic E-state index is 0.0318. The molecular formula is C29H32N4O3. The van der Waals surface area contributed by atoms with Crippen LogP contribution in [0.3, 0.4) is 0 Å². The van der Waals surface area contributed by atoms with Crippen molar-refractivity contribution in [3.8, 4) is 0 Å². The number of H-pyrrole nitrogens is 2. The van der Waals surface area contributed by atoms with Crippen LogP contribution in [0.5, 0.6) is 0 Å². The zero-order chi connectivity index (χ0) is 25.1. The molecule has 0 saturated carbocycles. The summed E-state index contributed by atoms with van der Waals surface area (Å²) in [5.74, 6) is 0. The second kappa shape index (κ2) is 10.6. The second-order valence-electron chi connectivity index (χ2n) is 9.19. The molecule has 3 aromatic heterocycles. The Labute approximate surface area is 209 Å². The van der Waals surface area contributed by atoms with Crippen LogP contribution in [0.2, 0.25) is 0 Å². The monoisotopic (exact) mass is 484 g/mol. The summed E-state index contributed by atoms with van der Waals surface area (Å²) in [6.07, 6.45) is 7.57. The van der Waals surface area contributed by atoms with Crippen molar-refractivity contribution in [1.29, 1.82) is 0 Å². The number of hydrogen-bond donors (Lipinski definition) is 5. The van der Waals surface area contributed by atoms with Gasteiger partial charge in [-0.15, -0.1) is 0 Å². The number of aromatic amines is 2. The molecule has 0 saturated heterocycles. The van der Waals surface area contributed by atoms with Gasteiger partial charge in [-0.25, -0.2) is 9.97 Å². The quantitative estimate of drug-likeness (QED) is 0.319. The number of hydrogen-bond acceptors (Lipinski definition) is 5. The highest BCUT2D eigenvalue weighted by atomic mass is 16.3. The van der Waals surface area contributed by atoms with E-state index in [1.807, 2.05) is 30.4 Å². The average Bonchev–Trinajstić information content (AvgIpc) is 3.63. The Bertz CT molecular complexity index is 1380. The van der Waals surface area contributed by atoms with Crippen molar-refractivity contribution in [3.05, 3.63) is 70.3 Å². The third-order valence-corrected chi connectivity index (χ3v) is 6.66. The Morgan fingerprint density at radius 2 is 1.08 bits per heavy atom. The van der Waals surface area contributed by atoms with Crippen LogP contribution in [0.4, 0.5) is 0 Å². The number of nitrogens with zero attached hydrogens (tertiary/aromatic N) is 2. The molecule has 0 radical (unpaired) electrons. The molecule has 5 N–H and O–H groups in total. The zero-order valence-electron chi connectivity index (χ0n) is 20.5. The number of fused-ring (bicyclic) bond motifs is 10. The van der Waals surface area contributed by atoms with E-state index in [1.54, 1.807) is 0 Å². The summed E-state index contributed by atoms with van der Waals surface area (Å²) in [6, 6.07) is 12.2. The van der Waals surface area contributed by atoms with Crippen molar-refractivity contribution in [2.45, 2.75) is 39.0 Å². The average molecular weight is 485 g/mol. The van der Waals surface area contributed by atoms with Gasteiger partial charge in [-0.1, -0.05) is 13.3 Å². The molecule has 0 aliphatic carbocycles. The molecule has 3 aromatic rings. The maximum absolute atomic E-state index is 9.64. The first-order valence-electron chi connectivity index (χ1n) is 12.6. The summed E-state index contributed by atoms with van der Waals surface area (Å²) in [4.78, 5) is 16.8. The first-order chi connectivity index (χ1) is 17.6. The van der Waals surface area contributed by atoms with Gasteiger partial charge in [-0.2, -0.15) is 0 Å². The molecule has 0 atom stereocenters. The third-order valence-electron chi connectivity index (χ3n) is 6.66. The normalized spacial score (nSPS) is 13.1. The molecule has 0 spiro atoms. The summed E-state index contributed by atoms with van der Waals surface area (Å²) in [6.45, 7) is 2.31. The van der Waals surface area contributed by atoms with Crippen LogP contribution in [0.25, 0.3) is 45.4 Å². The number of aryl methyl sites for hydroxylation is 1. The summed E-state index contributed by atoms with van der Waals surface area (Å²) >= 11 is 0. The van der Waals surface area contributed by atoms with E-state index < -0.39 is 0 Å². The SMILES string of the molecule is CCCc1cc2[nH]c1ccc1[nH]c(cc1CCO)c1nc(ccc3nc2C=C3CCO)C(CCO)=C1. The maximum atomic E-state index is 9.64. The standard InChI is InChI=1S/C29H32N4O3/c1-2-3-18-14-26-27-15-19(8-11-34)24(31-27)6-7-25-21(10-13-36)17-29(33-25)28-16-20(9-12-35)23(32-28)5-4-22(18)30-26/h4-7,14-17,30,32,34-36H,2-3,8-13H2,1H3. The molecule has 8 bridgehead atoms. The molecule has 36 heavy (non-hydrogen) atoms. The molecule has 2 aliphatic rings. The molecule has 7 heteroatoms. The Hall–Kier alpha value is -3.52. The maximum Gasteiger partial charge on any atom is 0.0875 e. The number of aliphatic hydroxyl groups excluding tert-OH is 3. The van der Waals surface area contributed by atoms with Gasteiger partial charge in [0.05, 0.1) is 33.8 Å². The summed E-state index contributed by atoms with van der Waals surface area (Å²) < 4.78 is 0. The highest BCUT2D eigenvalue weighted by Crippen LogP contribution is 2.30. The molecular weight excluding hydrogens is 452 g/mol. The summed E-state index contributed by atoms with van der Waals surface area (Å²) in [7, 11) is 0. The second-order valence-corrected chi connectivity index (χ2v) is 9.19. The van der Waals surface area contributed by atoms with E-state index in [2.05, 4.69) is 35.1 Å². The lowest BCUT2D eigenvalue weighted by Gasteiger charge is -1.98. The van der Waals surface area contributed by atoms with Gasteiger partial charge in [-0.3, -0.25) is 0 Å². The van der Waals surface area contributed by atoms with Crippen LogP contribution >= 0.6 is 0 Å². The van der Waals surface area contributed by atoms with Gasteiger partial charge in [0, 0.05) is 30.9 Å². The van der Waals surface area contributed by atoms with E-state index in [1.165, 1.54) is 5.56 Å². The largest absolute Gasteiger partial charge is 0.396 e.